The molecule has 0 aliphatic carbocycles. The molecule has 0 saturated carbocycles. The normalized spacial score (nSPS) is 10.8. The summed E-state index contributed by atoms with van der Waals surface area (Å²) in [5, 5.41) is 19.9. The number of anilines is 1. The summed E-state index contributed by atoms with van der Waals surface area (Å²) in [4.78, 5) is 11.0. The van der Waals surface area contributed by atoms with E-state index in [0.29, 0.717) is 5.69 Å². The Morgan fingerprint density at radius 2 is 1.83 bits per heavy atom. The topological polar surface area (TPSA) is 114 Å². The van der Waals surface area contributed by atoms with Gasteiger partial charge in [-0.3, -0.25) is 4.79 Å². The van der Waals surface area contributed by atoms with Crippen LogP contribution in [0.15, 0.2) is 23.1 Å². The first kappa shape index (κ1) is 18.9. The maximum Gasteiger partial charge on any atom is 0.243 e. The van der Waals surface area contributed by atoms with Gasteiger partial charge < -0.3 is 5.32 Å². The van der Waals surface area contributed by atoms with Crippen molar-refractivity contribution < 1.29 is 13.2 Å². The van der Waals surface area contributed by atoms with Crippen LogP contribution < -0.4 is 5.32 Å². The number of sulfonamides is 1. The Morgan fingerprint density at radius 3 is 2.26 bits per heavy atom. The van der Waals surface area contributed by atoms with Crippen LogP contribution in [0.2, 0.25) is 5.02 Å². The first-order valence-electron chi connectivity index (χ1n) is 6.64. The molecule has 7 nitrogen and oxygen atoms in total. The maximum absolute atomic E-state index is 12.6. The zero-order valence-electron chi connectivity index (χ0n) is 12.4. The molecule has 1 aromatic rings. The number of benzene rings is 1. The highest BCUT2D eigenvalue weighted by Crippen LogP contribution is 2.27. The third-order valence-corrected chi connectivity index (χ3v) is 5.04. The van der Waals surface area contributed by atoms with Gasteiger partial charge in [-0.05, 0) is 18.2 Å². The predicted molar refractivity (Wildman–Crippen MR) is 85.0 cm³/mol. The van der Waals surface area contributed by atoms with Crippen LogP contribution in [0.4, 0.5) is 5.69 Å². The molecular weight excluding hydrogens is 340 g/mol. The molecule has 0 aliphatic heterocycles. The molecule has 122 valence electrons. The van der Waals surface area contributed by atoms with Gasteiger partial charge in [-0.15, -0.1) is 0 Å². The molecule has 0 saturated heterocycles. The van der Waals surface area contributed by atoms with Crippen molar-refractivity contribution in [1.82, 2.24) is 4.31 Å². The highest BCUT2D eigenvalue weighted by Gasteiger charge is 2.24. The molecule has 0 bridgehead atoms. The van der Waals surface area contributed by atoms with E-state index in [1.807, 2.05) is 12.1 Å². The van der Waals surface area contributed by atoms with E-state index in [9.17, 15) is 13.2 Å². The highest BCUT2D eigenvalue weighted by molar-refractivity contribution is 7.89. The number of carbonyl (C=O) groups is 1. The Balaban J connectivity index is 3.14. The predicted octanol–water partition coefficient (Wildman–Crippen LogP) is 2.12. The molecule has 0 spiro atoms. The molecule has 0 aromatic heterocycles. The molecule has 0 atom stereocenters. The van der Waals surface area contributed by atoms with Gasteiger partial charge in [0.05, 0.1) is 27.7 Å². The summed E-state index contributed by atoms with van der Waals surface area (Å²) in [5.74, 6) is -0.327. The third kappa shape index (κ3) is 5.22. The van der Waals surface area contributed by atoms with Crippen molar-refractivity contribution in [3.63, 3.8) is 0 Å². The fourth-order valence-corrected chi connectivity index (χ4v) is 3.56. The molecule has 1 amide bonds. The summed E-state index contributed by atoms with van der Waals surface area (Å²) in [5.41, 5.74) is 0.304. The van der Waals surface area contributed by atoms with E-state index in [0.717, 1.165) is 4.31 Å². The van der Waals surface area contributed by atoms with Crippen molar-refractivity contribution in [2.75, 3.05) is 18.4 Å². The van der Waals surface area contributed by atoms with Crippen LogP contribution in [0.1, 0.15) is 19.8 Å². The zero-order chi connectivity index (χ0) is 17.5. The minimum Gasteiger partial charge on any atom is -0.325 e. The van der Waals surface area contributed by atoms with Crippen molar-refractivity contribution >= 4 is 33.2 Å². The first-order chi connectivity index (χ1) is 10.8. The number of carbonyl (C=O) groups excluding carboxylic acids is 1. The van der Waals surface area contributed by atoms with Crippen LogP contribution in [0.25, 0.3) is 0 Å². The monoisotopic (exact) mass is 354 g/mol. The number of nitrogens with zero attached hydrogens (tertiary/aromatic N) is 3. The molecule has 0 heterocycles. The Kier molecular flexibility index (Phi) is 6.98. The van der Waals surface area contributed by atoms with E-state index < -0.39 is 10.0 Å². The van der Waals surface area contributed by atoms with Gasteiger partial charge in [-0.2, -0.15) is 14.8 Å². The van der Waals surface area contributed by atoms with E-state index in [2.05, 4.69) is 5.32 Å². The van der Waals surface area contributed by atoms with Gasteiger partial charge in [0, 0.05) is 32.9 Å². The van der Waals surface area contributed by atoms with Crippen molar-refractivity contribution in [2.24, 2.45) is 0 Å². The minimum atomic E-state index is -3.88. The minimum absolute atomic E-state index is 0.00835. The lowest BCUT2D eigenvalue weighted by Gasteiger charge is -2.20. The number of nitriles is 2. The van der Waals surface area contributed by atoms with E-state index in [4.69, 9.17) is 22.1 Å². The summed E-state index contributed by atoms with van der Waals surface area (Å²) in [6, 6.07) is 7.70. The SMILES string of the molecule is CC(=O)Nc1ccc(S(=O)(=O)N(CCC#N)CCC#N)cc1Cl. The van der Waals surface area contributed by atoms with Crippen LogP contribution in [-0.2, 0) is 14.8 Å². The number of hydrogen-bond donors (Lipinski definition) is 1. The zero-order valence-corrected chi connectivity index (χ0v) is 14.0. The molecule has 0 aliphatic rings. The van der Waals surface area contributed by atoms with Gasteiger partial charge in [0.2, 0.25) is 15.9 Å². The average molecular weight is 355 g/mol. The molecule has 0 fully saturated rings. The summed E-state index contributed by atoms with van der Waals surface area (Å²) in [7, 11) is -3.88. The van der Waals surface area contributed by atoms with Gasteiger partial charge in [0.15, 0.2) is 0 Å². The summed E-state index contributed by atoms with van der Waals surface area (Å²) in [6.07, 6.45) is 0.0325. The van der Waals surface area contributed by atoms with E-state index >= 15 is 0 Å². The second kappa shape index (κ2) is 8.49. The Morgan fingerprint density at radius 1 is 1.26 bits per heavy atom. The van der Waals surface area contributed by atoms with Crippen LogP contribution in [0, 0.1) is 22.7 Å². The largest absolute Gasteiger partial charge is 0.325 e. The van der Waals surface area contributed by atoms with Crippen molar-refractivity contribution in [2.45, 2.75) is 24.7 Å². The van der Waals surface area contributed by atoms with E-state index in [-0.39, 0.29) is 41.8 Å². The Labute approximate surface area is 140 Å². The molecule has 0 unspecified atom stereocenters. The number of nitrogens with one attached hydrogen (secondary N) is 1. The van der Waals surface area contributed by atoms with Crippen molar-refractivity contribution in [3.8, 4) is 12.1 Å². The lowest BCUT2D eigenvalue weighted by molar-refractivity contribution is -0.114. The van der Waals surface area contributed by atoms with Crippen LogP contribution in [0.5, 0.6) is 0 Å². The molecule has 0 radical (unpaired) electrons. The van der Waals surface area contributed by atoms with Crippen molar-refractivity contribution in [3.05, 3.63) is 23.2 Å². The smallest absolute Gasteiger partial charge is 0.243 e. The molecule has 1 N–H and O–H groups in total. The quantitative estimate of drug-likeness (QED) is 0.805. The summed E-state index contributed by atoms with van der Waals surface area (Å²) >= 11 is 5.99. The Hall–Kier alpha value is -2.13. The second-order valence-corrected chi connectivity index (χ2v) is 6.89. The first-order valence-corrected chi connectivity index (χ1v) is 8.46. The summed E-state index contributed by atoms with van der Waals surface area (Å²) in [6.45, 7) is 1.30. The Bertz CT molecular complexity index is 747. The number of amides is 1. The number of halogens is 1. The van der Waals surface area contributed by atoms with E-state index in [1.54, 1.807) is 0 Å². The highest BCUT2D eigenvalue weighted by atomic mass is 35.5. The lowest BCUT2D eigenvalue weighted by atomic mass is 10.3. The van der Waals surface area contributed by atoms with Gasteiger partial charge in [-0.25, -0.2) is 8.42 Å². The lowest BCUT2D eigenvalue weighted by Crippen LogP contribution is -2.32. The standard InChI is InChI=1S/C14H15ClN4O3S/c1-11(20)18-14-5-4-12(10-13(14)15)23(21,22)19(8-2-6-16)9-3-7-17/h4-5,10H,2-3,8-9H2,1H3,(H,18,20). The fourth-order valence-electron chi connectivity index (χ4n) is 1.80. The molecule has 9 heteroatoms. The fraction of sp³-hybridized carbons (Fsp3) is 0.357. The van der Waals surface area contributed by atoms with E-state index in [1.165, 1.54) is 25.1 Å². The van der Waals surface area contributed by atoms with Gasteiger partial charge >= 0.3 is 0 Å². The van der Waals surface area contributed by atoms with Gasteiger partial charge in [-0.1, -0.05) is 11.6 Å². The maximum atomic E-state index is 12.6. The van der Waals surface area contributed by atoms with Crippen LogP contribution in [0.3, 0.4) is 0 Å². The second-order valence-electron chi connectivity index (χ2n) is 4.54. The van der Waals surface area contributed by atoms with Crippen molar-refractivity contribution in [1.29, 1.82) is 10.5 Å². The van der Waals surface area contributed by atoms with Gasteiger partial charge in [0.1, 0.15) is 0 Å². The van der Waals surface area contributed by atoms with Crippen LogP contribution >= 0.6 is 11.6 Å². The average Bonchev–Trinajstić information content (AvgIpc) is 2.48. The molecule has 1 rings (SSSR count). The molecule has 1 aromatic carbocycles. The number of hydrogen-bond acceptors (Lipinski definition) is 5. The summed E-state index contributed by atoms with van der Waals surface area (Å²) < 4.78 is 26.3. The van der Waals surface area contributed by atoms with Crippen LogP contribution in [-0.4, -0.2) is 31.7 Å². The number of rotatable bonds is 7. The molecular formula is C14H15ClN4O3S. The third-order valence-electron chi connectivity index (χ3n) is 2.84. The van der Waals surface area contributed by atoms with Gasteiger partial charge in [0.25, 0.3) is 0 Å². The molecule has 23 heavy (non-hydrogen) atoms.